The summed E-state index contributed by atoms with van der Waals surface area (Å²) in [7, 11) is 0. The topological polar surface area (TPSA) is 58.6 Å². The number of carbonyl (C=O) groups excluding carboxylic acids is 2. The van der Waals surface area contributed by atoms with Crippen LogP contribution in [0, 0.1) is 19.8 Å². The van der Waals surface area contributed by atoms with Gasteiger partial charge in [-0.25, -0.2) is 4.79 Å². The van der Waals surface area contributed by atoms with Crippen LogP contribution in [0.5, 0.6) is 0 Å². The van der Waals surface area contributed by atoms with Crippen molar-refractivity contribution in [1.82, 2.24) is 10.2 Å². The highest BCUT2D eigenvalue weighted by molar-refractivity contribution is 5.94. The van der Waals surface area contributed by atoms with Crippen LogP contribution < -0.4 is 5.32 Å². The first-order valence-electron chi connectivity index (χ1n) is 8.99. The van der Waals surface area contributed by atoms with Crippen LogP contribution >= 0.6 is 0 Å². The molecule has 1 saturated heterocycles. The second kappa shape index (κ2) is 7.89. The van der Waals surface area contributed by atoms with Crippen molar-refractivity contribution in [2.75, 3.05) is 19.6 Å². The number of rotatable bonds is 3. The molecule has 0 aromatic heterocycles. The number of carbonyl (C=O) groups is 2. The van der Waals surface area contributed by atoms with Crippen LogP contribution in [0.1, 0.15) is 55.1 Å². The standard InChI is InChI=1S/C20H30N2O3/c1-14-8-9-17(11-15(14)2)18(23)21-12-16-7-6-10-22(13-16)19(24)25-20(3,4)5/h8-9,11,16H,6-7,10,12-13H2,1-5H3,(H,21,23). The quantitative estimate of drug-likeness (QED) is 0.908. The van der Waals surface area contributed by atoms with E-state index in [9.17, 15) is 9.59 Å². The fourth-order valence-electron chi connectivity index (χ4n) is 2.95. The van der Waals surface area contributed by atoms with Gasteiger partial charge in [-0.3, -0.25) is 4.79 Å². The number of piperidine rings is 1. The van der Waals surface area contributed by atoms with E-state index in [0.29, 0.717) is 18.7 Å². The summed E-state index contributed by atoms with van der Waals surface area (Å²) in [5.74, 6) is 0.203. The minimum atomic E-state index is -0.485. The lowest BCUT2D eigenvalue weighted by Gasteiger charge is -2.34. The molecule has 1 aromatic carbocycles. The molecule has 0 spiro atoms. The Bertz CT molecular complexity index is 634. The van der Waals surface area contributed by atoms with E-state index >= 15 is 0 Å². The number of hydrogen-bond acceptors (Lipinski definition) is 3. The van der Waals surface area contributed by atoms with Crippen LogP contribution in [-0.4, -0.2) is 42.1 Å². The number of aryl methyl sites for hydroxylation is 2. The van der Waals surface area contributed by atoms with E-state index in [1.165, 1.54) is 5.56 Å². The Hall–Kier alpha value is -2.04. The maximum atomic E-state index is 12.3. The van der Waals surface area contributed by atoms with Gasteiger partial charge in [0, 0.05) is 25.2 Å². The zero-order valence-electron chi connectivity index (χ0n) is 16.0. The summed E-state index contributed by atoms with van der Waals surface area (Å²) < 4.78 is 5.44. The Labute approximate surface area is 150 Å². The monoisotopic (exact) mass is 346 g/mol. The predicted molar refractivity (Wildman–Crippen MR) is 98.8 cm³/mol. The molecule has 1 aliphatic rings. The summed E-state index contributed by atoms with van der Waals surface area (Å²) in [6, 6.07) is 5.74. The SMILES string of the molecule is Cc1ccc(C(=O)NCC2CCCN(C(=O)OC(C)(C)C)C2)cc1C. The highest BCUT2D eigenvalue weighted by Gasteiger charge is 2.27. The average molecular weight is 346 g/mol. The third kappa shape index (κ3) is 5.76. The summed E-state index contributed by atoms with van der Waals surface area (Å²) in [6.07, 6.45) is 1.67. The lowest BCUT2D eigenvalue weighted by Crippen LogP contribution is -2.45. The molecule has 1 atom stereocenters. The second-order valence-electron chi connectivity index (χ2n) is 7.94. The van der Waals surface area contributed by atoms with E-state index in [0.717, 1.165) is 24.9 Å². The maximum absolute atomic E-state index is 12.3. The summed E-state index contributed by atoms with van der Waals surface area (Å²) in [5, 5.41) is 3.01. The van der Waals surface area contributed by atoms with Gasteiger partial charge in [-0.05, 0) is 76.6 Å². The van der Waals surface area contributed by atoms with Gasteiger partial charge in [-0.15, -0.1) is 0 Å². The second-order valence-corrected chi connectivity index (χ2v) is 7.94. The van der Waals surface area contributed by atoms with Crippen LogP contribution in [0.15, 0.2) is 18.2 Å². The molecule has 0 saturated carbocycles. The van der Waals surface area contributed by atoms with Gasteiger partial charge in [0.25, 0.3) is 5.91 Å². The lowest BCUT2D eigenvalue weighted by molar-refractivity contribution is 0.0167. The van der Waals surface area contributed by atoms with Crippen molar-refractivity contribution >= 4 is 12.0 Å². The van der Waals surface area contributed by atoms with Gasteiger partial charge >= 0.3 is 6.09 Å². The smallest absolute Gasteiger partial charge is 0.410 e. The van der Waals surface area contributed by atoms with Crippen LogP contribution in [0.25, 0.3) is 0 Å². The van der Waals surface area contributed by atoms with Crippen molar-refractivity contribution in [3.63, 3.8) is 0 Å². The molecule has 5 nitrogen and oxygen atoms in total. The van der Waals surface area contributed by atoms with Crippen molar-refractivity contribution in [2.45, 2.75) is 53.1 Å². The fourth-order valence-corrected chi connectivity index (χ4v) is 2.95. The fraction of sp³-hybridized carbons (Fsp3) is 0.600. The molecule has 0 aliphatic carbocycles. The van der Waals surface area contributed by atoms with E-state index in [1.54, 1.807) is 4.90 Å². The van der Waals surface area contributed by atoms with E-state index in [-0.39, 0.29) is 17.9 Å². The Morgan fingerprint density at radius 1 is 1.24 bits per heavy atom. The molecule has 1 heterocycles. The van der Waals surface area contributed by atoms with Gasteiger partial charge in [0.2, 0.25) is 0 Å². The molecular weight excluding hydrogens is 316 g/mol. The number of likely N-dealkylation sites (tertiary alicyclic amines) is 1. The molecule has 2 rings (SSSR count). The van der Waals surface area contributed by atoms with Crippen molar-refractivity contribution in [1.29, 1.82) is 0 Å². The molecule has 1 aliphatic heterocycles. The van der Waals surface area contributed by atoms with E-state index in [2.05, 4.69) is 5.32 Å². The van der Waals surface area contributed by atoms with Gasteiger partial charge in [0.1, 0.15) is 5.60 Å². The molecule has 1 aromatic rings. The molecule has 5 heteroatoms. The zero-order chi connectivity index (χ0) is 18.6. The summed E-state index contributed by atoms with van der Waals surface area (Å²) >= 11 is 0. The van der Waals surface area contributed by atoms with Gasteiger partial charge < -0.3 is 15.0 Å². The Morgan fingerprint density at radius 3 is 2.60 bits per heavy atom. The highest BCUT2D eigenvalue weighted by Crippen LogP contribution is 2.19. The number of ether oxygens (including phenoxy) is 1. The first-order valence-corrected chi connectivity index (χ1v) is 8.99. The van der Waals surface area contributed by atoms with Crippen molar-refractivity contribution in [2.24, 2.45) is 5.92 Å². The van der Waals surface area contributed by atoms with E-state index in [4.69, 9.17) is 4.74 Å². The third-order valence-electron chi connectivity index (χ3n) is 4.49. The molecule has 0 bridgehead atoms. The van der Waals surface area contributed by atoms with Gasteiger partial charge in [0.05, 0.1) is 0 Å². The van der Waals surface area contributed by atoms with Crippen molar-refractivity contribution < 1.29 is 14.3 Å². The molecule has 1 N–H and O–H groups in total. The maximum Gasteiger partial charge on any atom is 0.410 e. The lowest BCUT2D eigenvalue weighted by atomic mass is 9.98. The molecule has 25 heavy (non-hydrogen) atoms. The number of benzene rings is 1. The minimum Gasteiger partial charge on any atom is -0.444 e. The van der Waals surface area contributed by atoms with Crippen molar-refractivity contribution in [3.05, 3.63) is 34.9 Å². The predicted octanol–water partition coefficient (Wildman–Crippen LogP) is 3.68. The Kier molecular flexibility index (Phi) is 6.09. The molecule has 0 radical (unpaired) electrons. The highest BCUT2D eigenvalue weighted by atomic mass is 16.6. The largest absolute Gasteiger partial charge is 0.444 e. The van der Waals surface area contributed by atoms with Crippen LogP contribution in [0.3, 0.4) is 0 Å². The Balaban J connectivity index is 1.87. The zero-order valence-corrected chi connectivity index (χ0v) is 16.0. The normalized spacial score (nSPS) is 18.0. The van der Waals surface area contributed by atoms with Crippen molar-refractivity contribution in [3.8, 4) is 0 Å². The first kappa shape index (κ1) is 19.3. The van der Waals surface area contributed by atoms with E-state index in [1.807, 2.05) is 52.8 Å². The number of amides is 2. The van der Waals surface area contributed by atoms with E-state index < -0.39 is 5.60 Å². The van der Waals surface area contributed by atoms with Crippen LogP contribution in [0.2, 0.25) is 0 Å². The number of nitrogens with zero attached hydrogens (tertiary/aromatic N) is 1. The summed E-state index contributed by atoms with van der Waals surface area (Å²) in [4.78, 5) is 26.3. The minimum absolute atomic E-state index is 0.0579. The number of hydrogen-bond donors (Lipinski definition) is 1. The molecule has 2 amide bonds. The summed E-state index contributed by atoms with van der Waals surface area (Å²) in [6.45, 7) is 11.6. The molecule has 1 fully saturated rings. The van der Waals surface area contributed by atoms with Gasteiger partial charge in [-0.1, -0.05) is 6.07 Å². The average Bonchev–Trinajstić information content (AvgIpc) is 2.54. The summed E-state index contributed by atoms with van der Waals surface area (Å²) in [5.41, 5.74) is 2.49. The van der Waals surface area contributed by atoms with Gasteiger partial charge in [0.15, 0.2) is 0 Å². The number of nitrogens with one attached hydrogen (secondary N) is 1. The molecule has 1 unspecified atom stereocenters. The third-order valence-corrected chi connectivity index (χ3v) is 4.49. The molecule has 138 valence electrons. The first-order chi connectivity index (χ1) is 11.7. The van der Waals surface area contributed by atoms with Crippen LogP contribution in [0.4, 0.5) is 4.79 Å². The van der Waals surface area contributed by atoms with Gasteiger partial charge in [-0.2, -0.15) is 0 Å². The molecular formula is C20H30N2O3. The van der Waals surface area contributed by atoms with Crippen LogP contribution in [-0.2, 0) is 4.74 Å². The Morgan fingerprint density at radius 2 is 1.96 bits per heavy atom.